The topological polar surface area (TPSA) is 34.4 Å². The van der Waals surface area contributed by atoms with Crippen molar-refractivity contribution in [3.8, 4) is 0 Å². The van der Waals surface area contributed by atoms with E-state index < -0.39 is 0 Å². The zero-order valence-electron chi connectivity index (χ0n) is 11.7. The lowest BCUT2D eigenvalue weighted by molar-refractivity contribution is 0.0391. The third-order valence-electron chi connectivity index (χ3n) is 2.75. The lowest BCUT2D eigenvalue weighted by Crippen LogP contribution is -2.11. The fourth-order valence-corrected chi connectivity index (χ4v) is 1.96. The van der Waals surface area contributed by atoms with E-state index in [-0.39, 0.29) is 0 Å². The standard InChI is InChI=1S/C14H25NO2/c1-10(2)6-11(3)16-9-13-7-14(8-15-5)17-12(13)4/h7,10-11,15H,6,8-9H2,1-5H3. The third kappa shape index (κ3) is 4.92. The van der Waals surface area contributed by atoms with E-state index in [1.165, 1.54) is 0 Å². The van der Waals surface area contributed by atoms with E-state index in [1.807, 2.05) is 14.0 Å². The summed E-state index contributed by atoms with van der Waals surface area (Å²) < 4.78 is 11.5. The summed E-state index contributed by atoms with van der Waals surface area (Å²) in [6, 6.07) is 2.08. The number of aryl methyl sites for hydroxylation is 1. The van der Waals surface area contributed by atoms with Crippen molar-refractivity contribution < 1.29 is 9.15 Å². The summed E-state index contributed by atoms with van der Waals surface area (Å²) in [6.45, 7) is 9.96. The van der Waals surface area contributed by atoms with Crippen LogP contribution >= 0.6 is 0 Å². The second kappa shape index (κ2) is 6.82. The molecule has 3 nitrogen and oxygen atoms in total. The molecule has 0 amide bonds. The molecule has 0 aliphatic carbocycles. The quantitative estimate of drug-likeness (QED) is 0.793. The number of furan rings is 1. The maximum absolute atomic E-state index is 5.83. The van der Waals surface area contributed by atoms with Gasteiger partial charge in [-0.2, -0.15) is 0 Å². The number of hydrogen-bond donors (Lipinski definition) is 1. The molecule has 0 radical (unpaired) electrons. The summed E-state index contributed by atoms with van der Waals surface area (Å²) in [5.74, 6) is 2.61. The molecule has 1 heterocycles. The van der Waals surface area contributed by atoms with Crippen molar-refractivity contribution in [2.24, 2.45) is 5.92 Å². The molecule has 0 aliphatic rings. The van der Waals surface area contributed by atoms with Crippen LogP contribution in [-0.2, 0) is 17.9 Å². The summed E-state index contributed by atoms with van der Waals surface area (Å²) in [5.41, 5.74) is 1.16. The van der Waals surface area contributed by atoms with Gasteiger partial charge in [0.1, 0.15) is 11.5 Å². The van der Waals surface area contributed by atoms with E-state index in [2.05, 4.69) is 32.2 Å². The van der Waals surface area contributed by atoms with Gasteiger partial charge in [-0.1, -0.05) is 13.8 Å². The van der Waals surface area contributed by atoms with Gasteiger partial charge in [0.15, 0.2) is 0 Å². The van der Waals surface area contributed by atoms with Crippen molar-refractivity contribution in [1.29, 1.82) is 0 Å². The van der Waals surface area contributed by atoms with Crippen molar-refractivity contribution in [3.63, 3.8) is 0 Å². The molecule has 0 aromatic carbocycles. The highest BCUT2D eigenvalue weighted by Gasteiger charge is 2.10. The molecular weight excluding hydrogens is 214 g/mol. The fraction of sp³-hybridized carbons (Fsp3) is 0.714. The molecule has 0 saturated carbocycles. The maximum atomic E-state index is 5.83. The molecule has 1 N–H and O–H groups in total. The van der Waals surface area contributed by atoms with Gasteiger partial charge in [-0.25, -0.2) is 0 Å². The Hall–Kier alpha value is -0.800. The fourth-order valence-electron chi connectivity index (χ4n) is 1.96. The lowest BCUT2D eigenvalue weighted by Gasteiger charge is -2.14. The van der Waals surface area contributed by atoms with Crippen molar-refractivity contribution in [3.05, 3.63) is 23.2 Å². The molecule has 0 bridgehead atoms. The zero-order valence-corrected chi connectivity index (χ0v) is 11.7. The molecule has 1 unspecified atom stereocenters. The molecule has 98 valence electrons. The van der Waals surface area contributed by atoms with Gasteiger partial charge in [0, 0.05) is 5.56 Å². The van der Waals surface area contributed by atoms with Gasteiger partial charge in [-0.3, -0.25) is 0 Å². The first-order valence-electron chi connectivity index (χ1n) is 6.37. The van der Waals surface area contributed by atoms with Gasteiger partial charge >= 0.3 is 0 Å². The van der Waals surface area contributed by atoms with E-state index in [0.717, 1.165) is 30.0 Å². The Morgan fingerprint density at radius 1 is 1.35 bits per heavy atom. The first kappa shape index (κ1) is 14.3. The average molecular weight is 239 g/mol. The Balaban J connectivity index is 2.45. The lowest BCUT2D eigenvalue weighted by atomic mass is 10.1. The molecule has 3 heteroatoms. The maximum Gasteiger partial charge on any atom is 0.118 e. The minimum absolute atomic E-state index is 0.303. The van der Waals surface area contributed by atoms with E-state index >= 15 is 0 Å². The molecule has 0 aliphatic heterocycles. The number of nitrogens with one attached hydrogen (secondary N) is 1. The molecule has 0 saturated heterocycles. The Bertz CT molecular complexity index is 331. The van der Waals surface area contributed by atoms with E-state index in [1.54, 1.807) is 0 Å². The van der Waals surface area contributed by atoms with Crippen LogP contribution in [0.3, 0.4) is 0 Å². The second-order valence-electron chi connectivity index (χ2n) is 5.08. The number of hydrogen-bond acceptors (Lipinski definition) is 3. The second-order valence-corrected chi connectivity index (χ2v) is 5.08. The smallest absolute Gasteiger partial charge is 0.118 e. The van der Waals surface area contributed by atoms with Crippen molar-refractivity contribution in [1.82, 2.24) is 5.32 Å². The predicted molar refractivity (Wildman–Crippen MR) is 69.9 cm³/mol. The summed E-state index contributed by atoms with van der Waals surface area (Å²) in [6.07, 6.45) is 1.40. The Kier molecular flexibility index (Phi) is 5.72. The van der Waals surface area contributed by atoms with Crippen LogP contribution in [0, 0.1) is 12.8 Å². The Morgan fingerprint density at radius 3 is 2.65 bits per heavy atom. The van der Waals surface area contributed by atoms with Crippen LogP contribution in [0.2, 0.25) is 0 Å². The highest BCUT2D eigenvalue weighted by atomic mass is 16.5. The summed E-state index contributed by atoms with van der Waals surface area (Å²) in [5, 5.41) is 3.08. The van der Waals surface area contributed by atoms with E-state index in [0.29, 0.717) is 18.6 Å². The van der Waals surface area contributed by atoms with Crippen LogP contribution in [0.4, 0.5) is 0 Å². The number of rotatable bonds is 7. The molecule has 17 heavy (non-hydrogen) atoms. The van der Waals surface area contributed by atoms with Crippen LogP contribution in [0.15, 0.2) is 10.5 Å². The predicted octanol–water partition coefficient (Wildman–Crippen LogP) is 3.26. The monoisotopic (exact) mass is 239 g/mol. The van der Waals surface area contributed by atoms with Gasteiger partial charge in [0.05, 0.1) is 19.3 Å². The van der Waals surface area contributed by atoms with Gasteiger partial charge in [0.25, 0.3) is 0 Å². The van der Waals surface area contributed by atoms with E-state index in [9.17, 15) is 0 Å². The summed E-state index contributed by atoms with van der Waals surface area (Å²) >= 11 is 0. The SMILES string of the molecule is CNCc1cc(COC(C)CC(C)C)c(C)o1. The van der Waals surface area contributed by atoms with Gasteiger partial charge in [-0.05, 0) is 39.3 Å². The molecule has 0 fully saturated rings. The zero-order chi connectivity index (χ0) is 12.8. The highest BCUT2D eigenvalue weighted by molar-refractivity contribution is 5.19. The normalized spacial score (nSPS) is 13.3. The Labute approximate surface area is 105 Å². The summed E-state index contributed by atoms with van der Waals surface area (Å²) in [4.78, 5) is 0. The van der Waals surface area contributed by atoms with Crippen LogP contribution < -0.4 is 5.32 Å². The molecule has 1 aromatic rings. The summed E-state index contributed by atoms with van der Waals surface area (Å²) in [7, 11) is 1.92. The molecule has 1 atom stereocenters. The molecule has 1 aromatic heterocycles. The average Bonchev–Trinajstić information content (AvgIpc) is 2.56. The molecule has 1 rings (SSSR count). The van der Waals surface area contributed by atoms with Gasteiger partial charge < -0.3 is 14.5 Å². The van der Waals surface area contributed by atoms with Crippen molar-refractivity contribution in [2.45, 2.75) is 53.4 Å². The number of ether oxygens (including phenoxy) is 1. The van der Waals surface area contributed by atoms with Crippen molar-refractivity contribution in [2.75, 3.05) is 7.05 Å². The highest BCUT2D eigenvalue weighted by Crippen LogP contribution is 2.17. The van der Waals surface area contributed by atoms with Gasteiger partial charge in [-0.15, -0.1) is 0 Å². The van der Waals surface area contributed by atoms with Gasteiger partial charge in [0.2, 0.25) is 0 Å². The van der Waals surface area contributed by atoms with Crippen molar-refractivity contribution >= 4 is 0 Å². The van der Waals surface area contributed by atoms with Crippen LogP contribution in [0.1, 0.15) is 44.3 Å². The molecule has 0 spiro atoms. The first-order chi connectivity index (χ1) is 8.02. The largest absolute Gasteiger partial charge is 0.465 e. The third-order valence-corrected chi connectivity index (χ3v) is 2.75. The minimum Gasteiger partial charge on any atom is -0.465 e. The minimum atomic E-state index is 0.303. The van der Waals surface area contributed by atoms with E-state index in [4.69, 9.17) is 9.15 Å². The van der Waals surface area contributed by atoms with Crippen LogP contribution in [0.25, 0.3) is 0 Å². The molecular formula is C14H25NO2. The Morgan fingerprint density at radius 2 is 2.06 bits per heavy atom. The first-order valence-corrected chi connectivity index (χ1v) is 6.37. The van der Waals surface area contributed by atoms with Crippen LogP contribution in [-0.4, -0.2) is 13.2 Å². The van der Waals surface area contributed by atoms with Crippen LogP contribution in [0.5, 0.6) is 0 Å².